The Morgan fingerprint density at radius 3 is 2.58 bits per heavy atom. The minimum Gasteiger partial charge on any atom is -0.469 e. The van der Waals surface area contributed by atoms with E-state index in [1.165, 1.54) is 23.2 Å². The van der Waals surface area contributed by atoms with Gasteiger partial charge in [0.15, 0.2) is 6.61 Å². The van der Waals surface area contributed by atoms with Gasteiger partial charge in [0.25, 0.3) is 0 Å². The molecule has 8 heteroatoms. The number of Topliss-reactive ketones (excluding diaryl/α,β-unsaturated/α-hetero) is 1. The molecule has 3 aromatic rings. The summed E-state index contributed by atoms with van der Waals surface area (Å²) in [5.41, 5.74) is 3.21. The molecule has 5 rings (SSSR count). The van der Waals surface area contributed by atoms with E-state index in [2.05, 4.69) is 16.0 Å². The molecule has 0 radical (unpaired) electrons. The van der Waals surface area contributed by atoms with Crippen LogP contribution in [-0.2, 0) is 17.6 Å². The molecule has 0 bridgehead atoms. The first-order valence-electron chi connectivity index (χ1n) is 10.2. The van der Waals surface area contributed by atoms with Crippen LogP contribution in [0.1, 0.15) is 23.3 Å². The molecule has 0 unspecified atom stereocenters. The number of rotatable bonds is 4. The summed E-state index contributed by atoms with van der Waals surface area (Å²) in [4.78, 5) is 27.7. The van der Waals surface area contributed by atoms with Crippen molar-refractivity contribution < 1.29 is 9.53 Å². The number of aryl methyl sites for hydroxylation is 2. The summed E-state index contributed by atoms with van der Waals surface area (Å²) in [6.07, 6.45) is 5.83. The van der Waals surface area contributed by atoms with Crippen LogP contribution in [0.2, 0.25) is 0 Å². The fourth-order valence-electron chi connectivity index (χ4n) is 4.43. The number of ether oxygens (including phenoxy) is 1. The lowest BCUT2D eigenvalue weighted by molar-refractivity contribution is -0.117. The molecule has 0 fully saturated rings. The molecule has 7 nitrogen and oxygen atoms in total. The van der Waals surface area contributed by atoms with Gasteiger partial charge in [0.2, 0.25) is 11.7 Å². The van der Waals surface area contributed by atoms with Crippen LogP contribution >= 0.6 is 11.3 Å². The normalized spacial score (nSPS) is 14.9. The highest BCUT2D eigenvalue weighted by atomic mass is 32.1. The Morgan fingerprint density at radius 1 is 1.16 bits per heavy atom. The highest BCUT2D eigenvalue weighted by Gasteiger charge is 2.31. The quantitative estimate of drug-likeness (QED) is 0.458. The summed E-state index contributed by atoms with van der Waals surface area (Å²) in [6, 6.07) is 9.89. The molecule has 0 spiro atoms. The summed E-state index contributed by atoms with van der Waals surface area (Å²) in [7, 11) is 3.71. The lowest BCUT2D eigenvalue weighted by Crippen LogP contribution is -2.28. The number of ketones is 1. The van der Waals surface area contributed by atoms with Crippen LogP contribution in [0.25, 0.3) is 10.2 Å². The number of carbonyl (C=O) groups excluding carboxylic acids is 1. The van der Waals surface area contributed by atoms with Crippen molar-refractivity contribution in [1.82, 2.24) is 9.97 Å². The van der Waals surface area contributed by atoms with E-state index in [1.807, 2.05) is 48.2 Å². The second-order valence-electron chi connectivity index (χ2n) is 7.70. The average molecular weight is 432 g/mol. The van der Waals surface area contributed by atoms with Crippen LogP contribution in [-0.4, -0.2) is 36.5 Å². The Bertz CT molecular complexity index is 1240. The monoisotopic (exact) mass is 431 g/mol. The van der Waals surface area contributed by atoms with Gasteiger partial charge in [0.1, 0.15) is 28.6 Å². The number of fused-ring (bicyclic) bond motifs is 4. The second-order valence-corrected chi connectivity index (χ2v) is 8.78. The minimum atomic E-state index is -0.375. The Balaban J connectivity index is 1.44. The van der Waals surface area contributed by atoms with Gasteiger partial charge in [-0.1, -0.05) is 12.1 Å². The largest absolute Gasteiger partial charge is 0.469 e. The van der Waals surface area contributed by atoms with Crippen LogP contribution in [0, 0.1) is 11.3 Å². The molecule has 0 saturated carbocycles. The van der Waals surface area contributed by atoms with Crippen molar-refractivity contribution >= 4 is 38.7 Å². The molecule has 2 aliphatic rings. The van der Waals surface area contributed by atoms with E-state index in [0.29, 0.717) is 11.7 Å². The SMILES string of the molecule is CN1C(=C(C#N)C(=O)COc2ncnc3sc4c(c23)CCCC4)N(C)c2ccccc21. The van der Waals surface area contributed by atoms with Crippen molar-refractivity contribution in [3.05, 3.63) is 52.4 Å². The number of thiophene rings is 1. The van der Waals surface area contributed by atoms with E-state index >= 15 is 0 Å². The Labute approximate surface area is 184 Å². The lowest BCUT2D eigenvalue weighted by atomic mass is 9.97. The molecule has 156 valence electrons. The van der Waals surface area contributed by atoms with Crippen LogP contribution < -0.4 is 14.5 Å². The van der Waals surface area contributed by atoms with Crippen molar-refractivity contribution in [2.45, 2.75) is 25.7 Å². The molecule has 0 saturated heterocycles. The van der Waals surface area contributed by atoms with Gasteiger partial charge in [0, 0.05) is 19.0 Å². The highest BCUT2D eigenvalue weighted by molar-refractivity contribution is 7.18. The van der Waals surface area contributed by atoms with Gasteiger partial charge in [0.05, 0.1) is 16.8 Å². The van der Waals surface area contributed by atoms with Crippen molar-refractivity contribution in [3.63, 3.8) is 0 Å². The number of anilines is 2. The summed E-state index contributed by atoms with van der Waals surface area (Å²) in [5.74, 6) is 0.606. The Hall–Kier alpha value is -3.44. The maximum absolute atomic E-state index is 13.0. The van der Waals surface area contributed by atoms with Gasteiger partial charge in [-0.15, -0.1) is 11.3 Å². The number of aromatic nitrogens is 2. The molecule has 3 heterocycles. The number of para-hydroxylation sites is 2. The number of carbonyl (C=O) groups is 1. The molecular formula is C23H21N5O2S. The maximum Gasteiger partial charge on any atom is 0.226 e. The summed E-state index contributed by atoms with van der Waals surface area (Å²) in [6.45, 7) is -0.249. The first-order valence-corrected chi connectivity index (χ1v) is 11.0. The molecule has 31 heavy (non-hydrogen) atoms. The first kappa shape index (κ1) is 19.5. The van der Waals surface area contributed by atoms with E-state index in [-0.39, 0.29) is 18.0 Å². The van der Waals surface area contributed by atoms with Crippen molar-refractivity contribution in [2.75, 3.05) is 30.5 Å². The molecule has 2 aromatic heterocycles. The fraction of sp³-hybridized carbons (Fsp3) is 0.304. The number of benzene rings is 1. The third-order valence-corrected chi connectivity index (χ3v) is 7.11. The Morgan fingerprint density at radius 2 is 1.87 bits per heavy atom. The van der Waals surface area contributed by atoms with Crippen molar-refractivity contribution in [3.8, 4) is 11.9 Å². The van der Waals surface area contributed by atoms with E-state index in [4.69, 9.17) is 4.74 Å². The summed E-state index contributed by atoms with van der Waals surface area (Å²) < 4.78 is 5.88. The zero-order valence-corrected chi connectivity index (χ0v) is 18.2. The number of hydrogen-bond donors (Lipinski definition) is 0. The third kappa shape index (κ3) is 3.13. The van der Waals surface area contributed by atoms with E-state index in [1.54, 1.807) is 11.3 Å². The van der Waals surface area contributed by atoms with Gasteiger partial charge < -0.3 is 14.5 Å². The topological polar surface area (TPSA) is 82.3 Å². The van der Waals surface area contributed by atoms with Crippen molar-refractivity contribution in [1.29, 1.82) is 5.26 Å². The smallest absolute Gasteiger partial charge is 0.226 e. The molecule has 0 amide bonds. The van der Waals surface area contributed by atoms with Gasteiger partial charge in [-0.05, 0) is 43.4 Å². The summed E-state index contributed by atoms with van der Waals surface area (Å²) in [5, 5.41) is 10.7. The van der Waals surface area contributed by atoms with Gasteiger partial charge in [-0.25, -0.2) is 9.97 Å². The average Bonchev–Trinajstić information content (AvgIpc) is 3.30. The van der Waals surface area contributed by atoms with Gasteiger partial charge >= 0.3 is 0 Å². The third-order valence-electron chi connectivity index (χ3n) is 5.91. The Kier molecular flexibility index (Phi) is 4.83. The molecule has 0 atom stereocenters. The van der Waals surface area contributed by atoms with Crippen LogP contribution in [0.15, 0.2) is 42.0 Å². The molecular weight excluding hydrogens is 410 g/mol. The second kappa shape index (κ2) is 7.67. The zero-order chi connectivity index (χ0) is 21.5. The first-order chi connectivity index (χ1) is 15.1. The van der Waals surface area contributed by atoms with E-state index < -0.39 is 0 Å². The fourth-order valence-corrected chi connectivity index (χ4v) is 5.65. The lowest BCUT2D eigenvalue weighted by Gasteiger charge is -2.20. The molecule has 1 aliphatic carbocycles. The predicted octanol–water partition coefficient (Wildman–Crippen LogP) is 3.84. The zero-order valence-electron chi connectivity index (χ0n) is 17.4. The van der Waals surface area contributed by atoms with Gasteiger partial charge in [-0.2, -0.15) is 5.26 Å². The number of hydrogen-bond acceptors (Lipinski definition) is 8. The minimum absolute atomic E-state index is 0.0684. The maximum atomic E-state index is 13.0. The van der Waals surface area contributed by atoms with Crippen molar-refractivity contribution in [2.24, 2.45) is 0 Å². The molecule has 1 aromatic carbocycles. The molecule has 0 N–H and O–H groups in total. The van der Waals surface area contributed by atoms with E-state index in [0.717, 1.165) is 40.9 Å². The van der Waals surface area contributed by atoms with Crippen LogP contribution in [0.5, 0.6) is 5.88 Å². The van der Waals surface area contributed by atoms with Gasteiger partial charge in [-0.3, -0.25) is 4.79 Å². The van der Waals surface area contributed by atoms with Crippen LogP contribution in [0.3, 0.4) is 0 Å². The molecule has 1 aliphatic heterocycles. The standard InChI is InChI=1S/C23H21N5O2S/c1-27-16-8-4-5-9-17(16)28(2)23(27)15(11-24)18(29)12-30-21-20-14-7-3-6-10-19(14)31-22(20)26-13-25-21/h4-5,8-9,13H,3,6-7,10,12H2,1-2H3. The predicted molar refractivity (Wildman–Crippen MR) is 120 cm³/mol. The summed E-state index contributed by atoms with van der Waals surface area (Å²) >= 11 is 1.68. The number of nitriles is 1. The highest BCUT2D eigenvalue weighted by Crippen LogP contribution is 2.41. The van der Waals surface area contributed by atoms with Crippen LogP contribution in [0.4, 0.5) is 11.4 Å². The number of nitrogens with zero attached hydrogens (tertiary/aromatic N) is 5. The van der Waals surface area contributed by atoms with E-state index in [9.17, 15) is 10.1 Å².